The molecule has 33 heavy (non-hydrogen) atoms. The molecule has 0 aliphatic carbocycles. The molecule has 0 N–H and O–H groups in total. The van der Waals surface area contributed by atoms with Crippen LogP contribution in [0.2, 0.25) is 0 Å². The minimum Gasteiger partial charge on any atom is -0.497 e. The Morgan fingerprint density at radius 3 is 1.30 bits per heavy atom. The van der Waals surface area contributed by atoms with Gasteiger partial charge in [0, 0.05) is 0 Å². The number of ether oxygens (including phenoxy) is 2. The van der Waals surface area contributed by atoms with Gasteiger partial charge in [0.2, 0.25) is 0 Å². The monoisotopic (exact) mass is 448 g/mol. The smallest absolute Gasteiger partial charge is 0.275 e. The highest BCUT2D eigenvalue weighted by Gasteiger charge is 2.25. The summed E-state index contributed by atoms with van der Waals surface area (Å²) in [4.78, 5) is 0. The molecular weight excluding hydrogens is 423 g/mol. The van der Waals surface area contributed by atoms with Gasteiger partial charge in [-0.25, -0.2) is 11.6 Å². The molecule has 0 saturated carbocycles. The van der Waals surface area contributed by atoms with Crippen molar-refractivity contribution >= 4 is 40.7 Å². The van der Waals surface area contributed by atoms with Crippen molar-refractivity contribution in [2.45, 2.75) is 0 Å². The van der Waals surface area contributed by atoms with Gasteiger partial charge in [-0.3, -0.25) is 0 Å². The van der Waals surface area contributed by atoms with Gasteiger partial charge in [-0.2, -0.15) is 0 Å². The van der Waals surface area contributed by atoms with Crippen LogP contribution < -0.4 is 20.4 Å². The van der Waals surface area contributed by atoms with E-state index in [2.05, 4.69) is 79.1 Å². The Bertz CT molecular complexity index is 1210. The molecule has 0 radical (unpaired) electrons. The molecule has 1 aliphatic rings. The maximum Gasteiger partial charge on any atom is 0.275 e. The fourth-order valence-electron chi connectivity index (χ4n) is 4.44. The topological polar surface area (TPSA) is 18.5 Å². The van der Waals surface area contributed by atoms with E-state index in [1.807, 2.05) is 35.9 Å². The number of fused-ring (bicyclic) bond motifs is 2. The first-order chi connectivity index (χ1) is 16.2. The molecule has 0 saturated heterocycles. The van der Waals surface area contributed by atoms with Crippen molar-refractivity contribution in [3.05, 3.63) is 96.1 Å². The van der Waals surface area contributed by atoms with Crippen molar-refractivity contribution in [3.8, 4) is 33.8 Å². The highest BCUT2D eigenvalue weighted by molar-refractivity contribution is 8.27. The van der Waals surface area contributed by atoms with E-state index in [0.29, 0.717) is 5.99 Å². The van der Waals surface area contributed by atoms with E-state index >= 15 is 0 Å². The van der Waals surface area contributed by atoms with Gasteiger partial charge in [-0.05, 0) is 76.0 Å². The molecule has 0 atom stereocenters. The van der Waals surface area contributed by atoms with Crippen LogP contribution >= 0.6 is 11.6 Å². The summed E-state index contributed by atoms with van der Waals surface area (Å²) in [6, 6.07) is 30.1. The lowest BCUT2D eigenvalue weighted by molar-refractivity contribution is 0.415. The summed E-state index contributed by atoms with van der Waals surface area (Å²) in [6.45, 7) is 0. The van der Waals surface area contributed by atoms with E-state index in [1.54, 1.807) is 14.2 Å². The summed E-state index contributed by atoms with van der Waals surface area (Å²) in [6.07, 6.45) is 6.71. The zero-order valence-corrected chi connectivity index (χ0v) is 19.9. The lowest BCUT2D eigenvalue weighted by Crippen LogP contribution is -2.41. The van der Waals surface area contributed by atoms with Crippen molar-refractivity contribution in [1.29, 1.82) is 0 Å². The van der Waals surface area contributed by atoms with Gasteiger partial charge in [0.25, 0.3) is 5.99 Å². The van der Waals surface area contributed by atoms with Crippen molar-refractivity contribution in [3.63, 3.8) is 0 Å². The number of benzene rings is 4. The van der Waals surface area contributed by atoms with Gasteiger partial charge in [0.05, 0.1) is 14.2 Å². The number of hydrogen-bond donors (Lipinski definition) is 0. The van der Waals surface area contributed by atoms with E-state index in [4.69, 9.17) is 9.47 Å². The van der Waals surface area contributed by atoms with Crippen molar-refractivity contribution < 1.29 is 9.47 Å². The van der Waals surface area contributed by atoms with E-state index in [-0.39, 0.29) is 0 Å². The summed E-state index contributed by atoms with van der Waals surface area (Å²) in [5, 5.41) is 0. The van der Waals surface area contributed by atoms with Gasteiger partial charge in [0.15, 0.2) is 0 Å². The Hall–Kier alpha value is -3.37. The predicted molar refractivity (Wildman–Crippen MR) is 144 cm³/mol. The quantitative estimate of drug-likeness (QED) is 0.350. The summed E-state index contributed by atoms with van der Waals surface area (Å²) >= 11 is 1.88. The first-order valence-electron chi connectivity index (χ1n) is 11.0. The molecule has 0 amide bonds. The molecule has 1 aliphatic heterocycles. The first kappa shape index (κ1) is 21.5. The van der Waals surface area contributed by atoms with Crippen LogP contribution in [0.3, 0.4) is 0 Å². The molecule has 0 unspecified atom stereocenters. The molecule has 4 aromatic carbocycles. The highest BCUT2D eigenvalue weighted by atomic mass is 32.2. The van der Waals surface area contributed by atoms with Gasteiger partial charge < -0.3 is 9.47 Å². The SMILES string of the molecule is COc1ccc(-c2ccc3c(c2)C=Cc2cc(-c4ccc(OC)cc4)ccc2B3SC)cc1. The molecule has 162 valence electrons. The minimum atomic E-state index is 0.292. The molecule has 0 spiro atoms. The van der Waals surface area contributed by atoms with Crippen molar-refractivity contribution in [2.24, 2.45) is 0 Å². The Morgan fingerprint density at radius 2 is 0.939 bits per heavy atom. The zero-order chi connectivity index (χ0) is 22.8. The second kappa shape index (κ2) is 9.25. The normalized spacial score (nSPS) is 12.0. The van der Waals surface area contributed by atoms with Crippen LogP contribution in [-0.4, -0.2) is 26.5 Å². The van der Waals surface area contributed by atoms with Gasteiger partial charge >= 0.3 is 0 Å². The number of methoxy groups -OCH3 is 2. The lowest BCUT2D eigenvalue weighted by atomic mass is 9.59. The molecule has 0 fully saturated rings. The van der Waals surface area contributed by atoms with Crippen LogP contribution in [0.15, 0.2) is 84.9 Å². The van der Waals surface area contributed by atoms with Crippen LogP contribution in [0.4, 0.5) is 0 Å². The molecular formula is C29H25BO2S. The molecule has 4 heteroatoms. The van der Waals surface area contributed by atoms with Crippen LogP contribution in [-0.2, 0) is 0 Å². The summed E-state index contributed by atoms with van der Waals surface area (Å²) < 4.78 is 10.6. The van der Waals surface area contributed by atoms with Crippen molar-refractivity contribution in [2.75, 3.05) is 20.5 Å². The average molecular weight is 448 g/mol. The standard InChI is InChI=1S/C29H25BO2S/c1-31-26-12-6-20(7-13-26)22-10-16-28-24(18-22)4-5-25-19-23(11-17-29(25)30(28)33-3)21-8-14-27(32-2)15-9-21/h4-19H,1-3H3. The fourth-order valence-corrected chi connectivity index (χ4v) is 5.38. The molecule has 4 aromatic rings. The maximum absolute atomic E-state index is 5.31. The molecule has 2 nitrogen and oxygen atoms in total. The molecule has 0 bridgehead atoms. The Kier molecular flexibility index (Phi) is 6.02. The summed E-state index contributed by atoms with van der Waals surface area (Å²) in [5.74, 6) is 2.04. The lowest BCUT2D eigenvalue weighted by Gasteiger charge is -2.17. The predicted octanol–water partition coefficient (Wildman–Crippen LogP) is 5.99. The molecule has 0 aromatic heterocycles. The summed E-state index contributed by atoms with van der Waals surface area (Å²) in [5.41, 5.74) is 10.1. The van der Waals surface area contributed by atoms with Gasteiger partial charge in [-0.1, -0.05) is 71.6 Å². The third-order valence-electron chi connectivity index (χ3n) is 6.26. The van der Waals surface area contributed by atoms with Crippen LogP contribution in [0.1, 0.15) is 11.1 Å². The average Bonchev–Trinajstić information content (AvgIpc) is 3.04. The van der Waals surface area contributed by atoms with E-state index in [0.717, 1.165) is 11.5 Å². The van der Waals surface area contributed by atoms with E-state index in [9.17, 15) is 0 Å². The van der Waals surface area contributed by atoms with Crippen molar-refractivity contribution in [1.82, 2.24) is 0 Å². The number of hydrogen-bond acceptors (Lipinski definition) is 3. The Labute approximate surface area is 200 Å². The Morgan fingerprint density at radius 1 is 0.545 bits per heavy atom. The van der Waals surface area contributed by atoms with Gasteiger partial charge in [-0.15, -0.1) is 0 Å². The van der Waals surface area contributed by atoms with E-state index in [1.165, 1.54) is 44.3 Å². The molecule has 5 rings (SSSR count). The second-order valence-corrected chi connectivity index (χ2v) is 9.04. The zero-order valence-electron chi connectivity index (χ0n) is 19.0. The largest absolute Gasteiger partial charge is 0.497 e. The second-order valence-electron chi connectivity index (χ2n) is 8.09. The fraction of sp³-hybridized carbons (Fsp3) is 0.103. The Balaban J connectivity index is 1.54. The van der Waals surface area contributed by atoms with Gasteiger partial charge in [0.1, 0.15) is 11.5 Å². The van der Waals surface area contributed by atoms with Crippen LogP contribution in [0.25, 0.3) is 34.4 Å². The number of rotatable bonds is 5. The van der Waals surface area contributed by atoms with Crippen LogP contribution in [0, 0.1) is 0 Å². The minimum absolute atomic E-state index is 0.292. The maximum atomic E-state index is 5.31. The molecule has 1 heterocycles. The first-order valence-corrected chi connectivity index (χ1v) is 12.3. The third kappa shape index (κ3) is 4.19. The van der Waals surface area contributed by atoms with Crippen LogP contribution in [0.5, 0.6) is 11.5 Å². The third-order valence-corrected chi connectivity index (χ3v) is 7.24. The summed E-state index contributed by atoms with van der Waals surface area (Å²) in [7, 11) is 3.39. The van der Waals surface area contributed by atoms with E-state index < -0.39 is 0 Å². The highest BCUT2D eigenvalue weighted by Crippen LogP contribution is 2.28.